The van der Waals surface area contributed by atoms with Gasteiger partial charge in [0.25, 0.3) is 5.91 Å². The van der Waals surface area contributed by atoms with E-state index in [1.807, 2.05) is 31.2 Å². The van der Waals surface area contributed by atoms with E-state index in [1.165, 1.54) is 0 Å². The summed E-state index contributed by atoms with van der Waals surface area (Å²) in [7, 11) is 1.60. The zero-order valence-corrected chi connectivity index (χ0v) is 18.5. The van der Waals surface area contributed by atoms with Crippen molar-refractivity contribution in [1.29, 1.82) is 0 Å². The van der Waals surface area contributed by atoms with Gasteiger partial charge in [0.15, 0.2) is 5.78 Å². The maximum Gasteiger partial charge on any atom is 0.254 e. The number of carbonyl (C=O) groups excluding carboxylic acids is 2. The van der Waals surface area contributed by atoms with Crippen LogP contribution in [0.1, 0.15) is 37.7 Å². The van der Waals surface area contributed by atoms with Crippen LogP contribution in [0, 0.1) is 0 Å². The summed E-state index contributed by atoms with van der Waals surface area (Å²) < 4.78 is 6.10. The summed E-state index contributed by atoms with van der Waals surface area (Å²) in [5, 5.41) is 6.32. The summed E-state index contributed by atoms with van der Waals surface area (Å²) in [6.45, 7) is 1.90. The lowest BCUT2D eigenvalue weighted by Crippen LogP contribution is -2.35. The van der Waals surface area contributed by atoms with Crippen molar-refractivity contribution in [2.24, 2.45) is 0 Å². The standard InChI is InChI=1S/C24H23BrN2O3/c1-14-21(24(29)27-17-9-11-18(30-2)12-10-17)22(15-5-3-6-16(25)13-15)23-19(26-14)7-4-8-20(23)28/h3,5-6,9-13,22,26H,4,7-8H2,1-2H3,(H,27,29)/t22-/m0/s1. The predicted octanol–water partition coefficient (Wildman–Crippen LogP) is 5.06. The molecule has 2 aliphatic rings. The van der Waals surface area contributed by atoms with E-state index in [-0.39, 0.29) is 11.7 Å². The Hall–Kier alpha value is -2.86. The molecular weight excluding hydrogens is 444 g/mol. The van der Waals surface area contributed by atoms with Gasteiger partial charge in [0.2, 0.25) is 0 Å². The van der Waals surface area contributed by atoms with Crippen LogP contribution in [0.3, 0.4) is 0 Å². The fourth-order valence-electron chi connectivity index (χ4n) is 4.18. The van der Waals surface area contributed by atoms with E-state index in [2.05, 4.69) is 26.6 Å². The Bertz CT molecular complexity index is 1070. The topological polar surface area (TPSA) is 67.4 Å². The number of dihydropyridines is 1. The van der Waals surface area contributed by atoms with Gasteiger partial charge in [-0.3, -0.25) is 9.59 Å². The van der Waals surface area contributed by atoms with E-state index in [1.54, 1.807) is 31.4 Å². The number of amides is 1. The number of nitrogens with one attached hydrogen (secondary N) is 2. The zero-order valence-electron chi connectivity index (χ0n) is 16.9. The molecule has 0 saturated carbocycles. The molecule has 1 atom stereocenters. The molecule has 1 aliphatic carbocycles. The molecule has 4 rings (SSSR count). The SMILES string of the molecule is COc1ccc(NC(=O)C2=C(C)NC3=C(C(=O)CCC3)[C@H]2c2cccc(Br)c2)cc1. The lowest BCUT2D eigenvalue weighted by molar-refractivity contribution is -0.116. The second kappa shape index (κ2) is 8.48. The number of Topliss-reactive ketones (excluding diaryl/α,β-unsaturated/α-hetero) is 1. The maximum absolute atomic E-state index is 13.4. The molecule has 0 aromatic heterocycles. The van der Waals surface area contributed by atoms with Crippen molar-refractivity contribution in [3.05, 3.63) is 81.1 Å². The number of anilines is 1. The highest BCUT2D eigenvalue weighted by molar-refractivity contribution is 9.10. The molecule has 2 aromatic rings. The van der Waals surface area contributed by atoms with Crippen molar-refractivity contribution in [2.45, 2.75) is 32.1 Å². The van der Waals surface area contributed by atoms with E-state index in [4.69, 9.17) is 4.74 Å². The fourth-order valence-corrected chi connectivity index (χ4v) is 4.59. The van der Waals surface area contributed by atoms with Crippen LogP contribution in [0.5, 0.6) is 5.75 Å². The molecule has 0 saturated heterocycles. The van der Waals surface area contributed by atoms with E-state index in [9.17, 15) is 9.59 Å². The first kappa shape index (κ1) is 20.4. The van der Waals surface area contributed by atoms with Crippen molar-refractivity contribution in [2.75, 3.05) is 12.4 Å². The number of rotatable bonds is 4. The Morgan fingerprint density at radius 3 is 2.63 bits per heavy atom. The van der Waals surface area contributed by atoms with Gasteiger partial charge >= 0.3 is 0 Å². The quantitative estimate of drug-likeness (QED) is 0.660. The predicted molar refractivity (Wildman–Crippen MR) is 120 cm³/mol. The van der Waals surface area contributed by atoms with Crippen LogP contribution in [0.15, 0.2) is 75.5 Å². The van der Waals surface area contributed by atoms with Crippen LogP contribution in [0.25, 0.3) is 0 Å². The molecule has 2 aromatic carbocycles. The molecular formula is C24H23BrN2O3. The first-order valence-electron chi connectivity index (χ1n) is 9.93. The fraction of sp³-hybridized carbons (Fsp3) is 0.250. The lowest BCUT2D eigenvalue weighted by atomic mass is 9.75. The van der Waals surface area contributed by atoms with Gasteiger partial charge in [-0.1, -0.05) is 28.1 Å². The molecule has 30 heavy (non-hydrogen) atoms. The second-order valence-corrected chi connectivity index (χ2v) is 8.42. The minimum absolute atomic E-state index is 0.107. The van der Waals surface area contributed by atoms with Gasteiger partial charge in [0.1, 0.15) is 5.75 Å². The number of hydrogen-bond acceptors (Lipinski definition) is 4. The molecule has 0 fully saturated rings. The third-order valence-electron chi connectivity index (χ3n) is 5.55. The molecule has 1 heterocycles. The van der Waals surface area contributed by atoms with Crippen molar-refractivity contribution < 1.29 is 14.3 Å². The number of allylic oxidation sites excluding steroid dienone is 3. The molecule has 0 unspecified atom stereocenters. The Morgan fingerprint density at radius 1 is 1.17 bits per heavy atom. The Kier molecular flexibility index (Phi) is 5.77. The molecule has 1 amide bonds. The highest BCUT2D eigenvalue weighted by Gasteiger charge is 2.38. The second-order valence-electron chi connectivity index (χ2n) is 7.50. The first-order chi connectivity index (χ1) is 14.5. The van der Waals surface area contributed by atoms with Gasteiger partial charge in [-0.15, -0.1) is 0 Å². The Morgan fingerprint density at radius 2 is 1.93 bits per heavy atom. The van der Waals surface area contributed by atoms with Gasteiger partial charge in [0.05, 0.1) is 7.11 Å². The van der Waals surface area contributed by atoms with Crippen LogP contribution in [-0.4, -0.2) is 18.8 Å². The average molecular weight is 467 g/mol. The molecule has 5 nitrogen and oxygen atoms in total. The number of ether oxygens (including phenoxy) is 1. The molecule has 1 aliphatic heterocycles. The van der Waals surface area contributed by atoms with Crippen LogP contribution in [0.2, 0.25) is 0 Å². The van der Waals surface area contributed by atoms with Crippen LogP contribution < -0.4 is 15.4 Å². The smallest absolute Gasteiger partial charge is 0.254 e. The van der Waals surface area contributed by atoms with Gasteiger partial charge in [-0.2, -0.15) is 0 Å². The van der Waals surface area contributed by atoms with E-state index in [0.717, 1.165) is 40.0 Å². The summed E-state index contributed by atoms with van der Waals surface area (Å²) >= 11 is 3.53. The van der Waals surface area contributed by atoms with Gasteiger partial charge in [-0.05, 0) is 61.7 Å². The van der Waals surface area contributed by atoms with Crippen molar-refractivity contribution >= 4 is 33.3 Å². The Balaban J connectivity index is 1.75. The number of hydrogen-bond donors (Lipinski definition) is 2. The number of methoxy groups -OCH3 is 1. The molecule has 6 heteroatoms. The maximum atomic E-state index is 13.4. The molecule has 0 spiro atoms. The number of carbonyl (C=O) groups is 2. The molecule has 0 radical (unpaired) electrons. The minimum atomic E-state index is -0.398. The van der Waals surface area contributed by atoms with Gasteiger partial charge in [-0.25, -0.2) is 0 Å². The van der Waals surface area contributed by atoms with Crippen molar-refractivity contribution in [3.8, 4) is 5.75 Å². The van der Waals surface area contributed by atoms with E-state index >= 15 is 0 Å². The number of benzene rings is 2. The summed E-state index contributed by atoms with van der Waals surface area (Å²) in [5.74, 6) is 0.207. The minimum Gasteiger partial charge on any atom is -0.497 e. The summed E-state index contributed by atoms with van der Waals surface area (Å²) in [6, 6.07) is 15.0. The summed E-state index contributed by atoms with van der Waals surface area (Å²) in [5.41, 5.74) is 4.59. The highest BCUT2D eigenvalue weighted by Crippen LogP contribution is 2.42. The monoisotopic (exact) mass is 466 g/mol. The number of ketones is 1. The van der Waals surface area contributed by atoms with Crippen LogP contribution in [-0.2, 0) is 9.59 Å². The third kappa shape index (κ3) is 3.92. The normalized spacial score (nSPS) is 18.6. The average Bonchev–Trinajstić information content (AvgIpc) is 2.73. The van der Waals surface area contributed by atoms with Crippen molar-refractivity contribution in [1.82, 2.24) is 5.32 Å². The summed E-state index contributed by atoms with van der Waals surface area (Å²) in [6.07, 6.45) is 2.16. The summed E-state index contributed by atoms with van der Waals surface area (Å²) in [4.78, 5) is 26.3. The highest BCUT2D eigenvalue weighted by atomic mass is 79.9. The molecule has 0 bridgehead atoms. The Labute approximate surface area is 184 Å². The first-order valence-corrected chi connectivity index (χ1v) is 10.7. The van der Waals surface area contributed by atoms with Gasteiger partial charge in [0, 0.05) is 45.0 Å². The van der Waals surface area contributed by atoms with Crippen molar-refractivity contribution in [3.63, 3.8) is 0 Å². The number of halogens is 1. The largest absolute Gasteiger partial charge is 0.497 e. The van der Waals surface area contributed by atoms with Gasteiger partial charge < -0.3 is 15.4 Å². The molecule has 154 valence electrons. The third-order valence-corrected chi connectivity index (χ3v) is 6.04. The van der Waals surface area contributed by atoms with E-state index < -0.39 is 5.92 Å². The van der Waals surface area contributed by atoms with E-state index in [0.29, 0.717) is 23.3 Å². The van der Waals surface area contributed by atoms with Crippen LogP contribution >= 0.6 is 15.9 Å². The zero-order chi connectivity index (χ0) is 21.3. The molecule has 2 N–H and O–H groups in total. The van der Waals surface area contributed by atoms with Crippen LogP contribution in [0.4, 0.5) is 5.69 Å². The lowest BCUT2D eigenvalue weighted by Gasteiger charge is -2.34.